The lowest BCUT2D eigenvalue weighted by molar-refractivity contribution is -0.137. The summed E-state index contributed by atoms with van der Waals surface area (Å²) in [5.74, 6) is -0.0440. The molecule has 138 valence electrons. The van der Waals surface area contributed by atoms with Crippen molar-refractivity contribution in [2.75, 3.05) is 6.67 Å². The number of aromatic amines is 1. The molecule has 0 amide bonds. The van der Waals surface area contributed by atoms with Gasteiger partial charge in [-0.15, -0.1) is 0 Å². The number of nitrogens with one attached hydrogen (secondary N) is 1. The number of fused-ring (bicyclic) bond motifs is 1. The Hall–Kier alpha value is -2.71. The Balaban J connectivity index is 2.11. The molecule has 1 atom stereocenters. The highest BCUT2D eigenvalue weighted by Crippen LogP contribution is 2.32. The maximum atomic E-state index is 12.8. The van der Waals surface area contributed by atoms with E-state index < -0.39 is 29.9 Å². The molecule has 2 aromatic heterocycles. The van der Waals surface area contributed by atoms with Gasteiger partial charge in [-0.25, -0.2) is 9.37 Å². The number of alkyl halides is 4. The number of benzene rings is 1. The van der Waals surface area contributed by atoms with E-state index in [2.05, 4.69) is 15.1 Å². The van der Waals surface area contributed by atoms with Crippen LogP contribution in [0.5, 0.6) is 0 Å². The van der Waals surface area contributed by atoms with Crippen LogP contribution in [0.2, 0.25) is 0 Å². The van der Waals surface area contributed by atoms with Crippen molar-refractivity contribution in [2.24, 2.45) is 0 Å². The average Bonchev–Trinajstić information content (AvgIpc) is 2.92. The van der Waals surface area contributed by atoms with Gasteiger partial charge in [-0.3, -0.25) is 9.48 Å². The van der Waals surface area contributed by atoms with Crippen LogP contribution in [-0.2, 0) is 12.7 Å². The van der Waals surface area contributed by atoms with E-state index in [9.17, 15) is 22.4 Å². The van der Waals surface area contributed by atoms with Crippen molar-refractivity contribution in [1.29, 1.82) is 0 Å². The van der Waals surface area contributed by atoms with Gasteiger partial charge in [0.2, 0.25) is 0 Å². The zero-order chi connectivity index (χ0) is 19.1. The summed E-state index contributed by atoms with van der Waals surface area (Å²) in [6, 6.07) is 4.73. The van der Waals surface area contributed by atoms with Crippen LogP contribution in [0.4, 0.5) is 17.6 Å². The van der Waals surface area contributed by atoms with Crippen molar-refractivity contribution in [3.8, 4) is 0 Å². The molecule has 9 heteroatoms. The van der Waals surface area contributed by atoms with Crippen molar-refractivity contribution in [3.05, 3.63) is 57.3 Å². The topological polar surface area (TPSA) is 63.6 Å². The summed E-state index contributed by atoms with van der Waals surface area (Å²) in [5, 5.41) is 4.30. The summed E-state index contributed by atoms with van der Waals surface area (Å²) in [5.41, 5.74) is 0.312. The Morgan fingerprint density at radius 3 is 2.46 bits per heavy atom. The predicted molar refractivity (Wildman–Crippen MR) is 87.8 cm³/mol. The van der Waals surface area contributed by atoms with Gasteiger partial charge in [0.25, 0.3) is 5.56 Å². The van der Waals surface area contributed by atoms with Gasteiger partial charge >= 0.3 is 6.18 Å². The molecule has 0 aliphatic rings. The van der Waals surface area contributed by atoms with Crippen molar-refractivity contribution in [2.45, 2.75) is 32.5 Å². The molecule has 3 aromatic rings. The van der Waals surface area contributed by atoms with E-state index >= 15 is 0 Å². The standard InChI is InChI=1S/C17H16F4N4O/c1-9(11-3-5-12(6-4-11)17(19,20)21)13-14-15(25(24-13)8-7-18)16(26)23-10(2)22-14/h3-6,9H,7-8H2,1-2H3,(H,22,23,26)/t9-/m0/s1. The normalized spacial score (nSPS) is 13.3. The summed E-state index contributed by atoms with van der Waals surface area (Å²) < 4.78 is 52.2. The smallest absolute Gasteiger partial charge is 0.309 e. The van der Waals surface area contributed by atoms with E-state index in [1.807, 2.05) is 0 Å². The molecule has 5 nitrogen and oxygen atoms in total. The fourth-order valence-electron chi connectivity index (χ4n) is 2.88. The first kappa shape index (κ1) is 18.1. The zero-order valence-electron chi connectivity index (χ0n) is 14.1. The van der Waals surface area contributed by atoms with Crippen LogP contribution in [0.1, 0.15) is 35.5 Å². The molecule has 1 N–H and O–H groups in total. The van der Waals surface area contributed by atoms with Gasteiger partial charge in [-0.2, -0.15) is 18.3 Å². The monoisotopic (exact) mass is 368 g/mol. The summed E-state index contributed by atoms with van der Waals surface area (Å²) in [7, 11) is 0. The Morgan fingerprint density at radius 2 is 1.88 bits per heavy atom. The van der Waals surface area contributed by atoms with Crippen LogP contribution in [0.25, 0.3) is 11.0 Å². The molecular weight excluding hydrogens is 352 g/mol. The number of H-pyrrole nitrogens is 1. The molecule has 3 rings (SSSR count). The third-order valence-electron chi connectivity index (χ3n) is 4.19. The number of nitrogens with zero attached hydrogens (tertiary/aromatic N) is 3. The maximum Gasteiger partial charge on any atom is 0.416 e. The van der Waals surface area contributed by atoms with Crippen molar-refractivity contribution < 1.29 is 17.6 Å². The number of halogens is 4. The molecule has 0 spiro atoms. The van der Waals surface area contributed by atoms with Crippen LogP contribution in [-0.4, -0.2) is 26.4 Å². The third-order valence-corrected chi connectivity index (χ3v) is 4.19. The van der Waals surface area contributed by atoms with Gasteiger partial charge in [0.15, 0.2) is 5.52 Å². The summed E-state index contributed by atoms with van der Waals surface area (Å²) in [6.07, 6.45) is -4.41. The number of hydrogen-bond donors (Lipinski definition) is 1. The minimum atomic E-state index is -4.41. The van der Waals surface area contributed by atoms with Gasteiger partial charge in [-0.05, 0) is 24.6 Å². The molecule has 0 saturated carbocycles. The minimum absolute atomic E-state index is 0.107. The van der Waals surface area contributed by atoms with Gasteiger partial charge in [-0.1, -0.05) is 19.1 Å². The molecule has 1 aromatic carbocycles. The van der Waals surface area contributed by atoms with Crippen LogP contribution >= 0.6 is 0 Å². The first-order chi connectivity index (χ1) is 12.2. The average molecular weight is 368 g/mol. The third kappa shape index (κ3) is 3.21. The van der Waals surface area contributed by atoms with E-state index in [1.165, 1.54) is 16.8 Å². The summed E-state index contributed by atoms with van der Waals surface area (Å²) >= 11 is 0. The van der Waals surface area contributed by atoms with Crippen LogP contribution in [0.15, 0.2) is 29.1 Å². The predicted octanol–water partition coefficient (Wildman–Crippen LogP) is 3.57. The lowest BCUT2D eigenvalue weighted by Gasteiger charge is -2.12. The van der Waals surface area contributed by atoms with Gasteiger partial charge in [0.05, 0.1) is 17.8 Å². The van der Waals surface area contributed by atoms with Crippen molar-refractivity contribution in [1.82, 2.24) is 19.7 Å². The second-order valence-electron chi connectivity index (χ2n) is 5.99. The minimum Gasteiger partial charge on any atom is -0.309 e. The van der Waals surface area contributed by atoms with E-state index in [0.29, 0.717) is 22.6 Å². The summed E-state index contributed by atoms with van der Waals surface area (Å²) in [6.45, 7) is 2.55. The molecule has 0 fully saturated rings. The van der Waals surface area contributed by atoms with Crippen molar-refractivity contribution >= 4 is 11.0 Å². The van der Waals surface area contributed by atoms with Crippen LogP contribution in [0.3, 0.4) is 0 Å². The second kappa shape index (κ2) is 6.54. The van der Waals surface area contributed by atoms with E-state index in [0.717, 1.165) is 12.1 Å². The molecule has 0 saturated heterocycles. The maximum absolute atomic E-state index is 12.8. The highest BCUT2D eigenvalue weighted by molar-refractivity contribution is 5.77. The molecular formula is C17H16F4N4O. The molecule has 2 heterocycles. The second-order valence-corrected chi connectivity index (χ2v) is 5.99. The molecule has 0 aliphatic heterocycles. The van der Waals surface area contributed by atoms with Crippen LogP contribution in [0, 0.1) is 6.92 Å². The lowest BCUT2D eigenvalue weighted by Crippen LogP contribution is -2.14. The Kier molecular flexibility index (Phi) is 4.55. The first-order valence-corrected chi connectivity index (χ1v) is 7.93. The van der Waals surface area contributed by atoms with E-state index in [4.69, 9.17) is 0 Å². The molecule has 0 aliphatic carbocycles. The fourth-order valence-corrected chi connectivity index (χ4v) is 2.88. The quantitative estimate of drug-likeness (QED) is 0.716. The zero-order valence-corrected chi connectivity index (χ0v) is 14.1. The Labute approximate surface area is 145 Å². The first-order valence-electron chi connectivity index (χ1n) is 7.93. The number of aromatic nitrogens is 4. The Bertz CT molecular complexity index is 989. The highest BCUT2D eigenvalue weighted by atomic mass is 19.4. The Morgan fingerprint density at radius 1 is 1.23 bits per heavy atom. The lowest BCUT2D eigenvalue weighted by atomic mass is 9.96. The highest BCUT2D eigenvalue weighted by Gasteiger charge is 2.30. The SMILES string of the molecule is Cc1nc2c([C@@H](C)c3ccc(C(F)(F)F)cc3)nn(CCF)c2c(=O)[nH]1. The largest absolute Gasteiger partial charge is 0.416 e. The van der Waals surface area contributed by atoms with Gasteiger partial charge < -0.3 is 4.98 Å². The number of aryl methyl sites for hydroxylation is 2. The molecule has 26 heavy (non-hydrogen) atoms. The van der Waals surface area contributed by atoms with Gasteiger partial charge in [0, 0.05) is 5.92 Å². The number of hydrogen-bond acceptors (Lipinski definition) is 3. The molecule has 0 radical (unpaired) electrons. The fraction of sp³-hybridized carbons (Fsp3) is 0.353. The van der Waals surface area contributed by atoms with Crippen molar-refractivity contribution in [3.63, 3.8) is 0 Å². The molecule has 0 bridgehead atoms. The van der Waals surface area contributed by atoms with E-state index in [1.54, 1.807) is 13.8 Å². The molecule has 0 unspecified atom stereocenters. The summed E-state index contributed by atoms with van der Waals surface area (Å²) in [4.78, 5) is 19.1. The van der Waals surface area contributed by atoms with Gasteiger partial charge in [0.1, 0.15) is 18.0 Å². The van der Waals surface area contributed by atoms with E-state index in [-0.39, 0.29) is 12.1 Å². The number of rotatable bonds is 4. The van der Waals surface area contributed by atoms with Crippen LogP contribution < -0.4 is 5.56 Å².